The number of amides is 1. The van der Waals surface area contributed by atoms with Crippen LogP contribution < -0.4 is 10.6 Å². The van der Waals surface area contributed by atoms with Gasteiger partial charge in [-0.15, -0.1) is 0 Å². The number of aliphatic carboxylic acids is 1. The van der Waals surface area contributed by atoms with Crippen LogP contribution in [-0.4, -0.2) is 30.1 Å². The van der Waals surface area contributed by atoms with Crippen molar-refractivity contribution in [3.63, 3.8) is 0 Å². The number of nitrogens with zero attached hydrogens (tertiary/aromatic N) is 1. The predicted octanol–water partition coefficient (Wildman–Crippen LogP) is 1.39. The third-order valence-electron chi connectivity index (χ3n) is 2.80. The minimum absolute atomic E-state index is 0.0881. The second-order valence-electron chi connectivity index (χ2n) is 4.09. The highest BCUT2D eigenvalue weighted by Crippen LogP contribution is 2.21. The van der Waals surface area contributed by atoms with Crippen molar-refractivity contribution in [2.45, 2.75) is 20.3 Å². The number of benzene rings is 1. The summed E-state index contributed by atoms with van der Waals surface area (Å²) in [5.41, 5.74) is 7.52. The van der Waals surface area contributed by atoms with Crippen LogP contribution in [0.15, 0.2) is 18.2 Å². The van der Waals surface area contributed by atoms with E-state index in [1.807, 2.05) is 18.7 Å². The van der Waals surface area contributed by atoms with Gasteiger partial charge in [0.2, 0.25) is 5.91 Å². The molecule has 0 heterocycles. The highest BCUT2D eigenvalue weighted by atomic mass is 16.4. The molecule has 98 valence electrons. The molecule has 0 fully saturated rings. The number of hydrogen-bond acceptors (Lipinski definition) is 3. The second-order valence-corrected chi connectivity index (χ2v) is 4.09. The van der Waals surface area contributed by atoms with Crippen LogP contribution in [-0.2, 0) is 4.79 Å². The lowest BCUT2D eigenvalue weighted by atomic mass is 10.1. The van der Waals surface area contributed by atoms with Crippen LogP contribution >= 0.6 is 0 Å². The number of carbonyl (C=O) groups excluding carboxylic acids is 1. The second kappa shape index (κ2) is 6.05. The molecule has 3 N–H and O–H groups in total. The number of carbonyl (C=O) groups is 2. The summed E-state index contributed by atoms with van der Waals surface area (Å²) in [6, 6.07) is 5.19. The van der Waals surface area contributed by atoms with E-state index in [4.69, 9.17) is 10.8 Å². The number of rotatable bonds is 6. The summed E-state index contributed by atoms with van der Waals surface area (Å²) < 4.78 is 0. The number of hydrogen-bond donors (Lipinski definition) is 2. The first-order chi connectivity index (χ1) is 8.45. The van der Waals surface area contributed by atoms with Crippen molar-refractivity contribution in [3.8, 4) is 0 Å². The van der Waals surface area contributed by atoms with Crippen molar-refractivity contribution in [2.24, 2.45) is 5.73 Å². The zero-order valence-electron chi connectivity index (χ0n) is 10.6. The zero-order valence-corrected chi connectivity index (χ0v) is 10.6. The lowest BCUT2D eigenvalue weighted by Crippen LogP contribution is -2.26. The summed E-state index contributed by atoms with van der Waals surface area (Å²) in [5.74, 6) is -1.28. The molecule has 5 nitrogen and oxygen atoms in total. The number of primary amides is 1. The normalized spacial score (nSPS) is 10.1. The highest BCUT2D eigenvalue weighted by Gasteiger charge is 2.11. The van der Waals surface area contributed by atoms with Gasteiger partial charge in [-0.1, -0.05) is 0 Å². The van der Waals surface area contributed by atoms with Gasteiger partial charge in [-0.2, -0.15) is 0 Å². The third-order valence-corrected chi connectivity index (χ3v) is 2.80. The smallest absolute Gasteiger partial charge is 0.305 e. The van der Waals surface area contributed by atoms with Gasteiger partial charge < -0.3 is 15.7 Å². The van der Waals surface area contributed by atoms with Gasteiger partial charge in [0.25, 0.3) is 0 Å². The van der Waals surface area contributed by atoms with Crippen LogP contribution in [0.25, 0.3) is 0 Å². The highest BCUT2D eigenvalue weighted by molar-refractivity contribution is 5.93. The van der Waals surface area contributed by atoms with Gasteiger partial charge >= 0.3 is 5.97 Å². The van der Waals surface area contributed by atoms with Crippen molar-refractivity contribution < 1.29 is 14.7 Å². The Kier molecular flexibility index (Phi) is 4.71. The van der Waals surface area contributed by atoms with Crippen molar-refractivity contribution in [1.29, 1.82) is 0 Å². The summed E-state index contributed by atoms with van der Waals surface area (Å²) in [4.78, 5) is 23.6. The molecule has 1 aromatic rings. The minimum atomic E-state index is -0.820. The summed E-state index contributed by atoms with van der Waals surface area (Å²) in [6.45, 7) is 5.00. The Morgan fingerprint density at radius 1 is 1.39 bits per heavy atom. The predicted molar refractivity (Wildman–Crippen MR) is 69.8 cm³/mol. The number of carboxylic acid groups (broad SMARTS) is 1. The van der Waals surface area contributed by atoms with E-state index in [0.29, 0.717) is 18.7 Å². The first-order valence-corrected chi connectivity index (χ1v) is 5.83. The molecule has 5 heteroatoms. The molecule has 0 aliphatic heterocycles. The molecular formula is C13H18N2O3. The Balaban J connectivity index is 2.92. The fourth-order valence-corrected chi connectivity index (χ4v) is 1.84. The van der Waals surface area contributed by atoms with Gasteiger partial charge in [-0.3, -0.25) is 9.59 Å². The Hall–Kier alpha value is -2.04. The van der Waals surface area contributed by atoms with E-state index in [2.05, 4.69) is 0 Å². The summed E-state index contributed by atoms with van der Waals surface area (Å²) in [5, 5.41) is 8.70. The molecular weight excluding hydrogens is 232 g/mol. The van der Waals surface area contributed by atoms with Crippen LogP contribution in [0.3, 0.4) is 0 Å². The van der Waals surface area contributed by atoms with E-state index < -0.39 is 11.9 Å². The van der Waals surface area contributed by atoms with E-state index in [1.165, 1.54) is 0 Å². The Morgan fingerprint density at radius 2 is 2.06 bits per heavy atom. The SMILES string of the molecule is CCN(CCC(=O)O)c1ccc(C(N)=O)cc1C. The largest absolute Gasteiger partial charge is 0.481 e. The van der Waals surface area contributed by atoms with Crippen LogP contribution in [0.5, 0.6) is 0 Å². The van der Waals surface area contributed by atoms with Crippen molar-refractivity contribution in [1.82, 2.24) is 0 Å². The first-order valence-electron chi connectivity index (χ1n) is 5.83. The van der Waals surface area contributed by atoms with Gasteiger partial charge in [0.15, 0.2) is 0 Å². The summed E-state index contributed by atoms with van der Waals surface area (Å²) in [6.07, 6.45) is 0.0881. The lowest BCUT2D eigenvalue weighted by Gasteiger charge is -2.24. The Labute approximate surface area is 106 Å². The first kappa shape index (κ1) is 14.0. The van der Waals surface area contributed by atoms with E-state index >= 15 is 0 Å². The van der Waals surface area contributed by atoms with E-state index in [0.717, 1.165) is 11.3 Å². The number of aryl methyl sites for hydroxylation is 1. The minimum Gasteiger partial charge on any atom is -0.481 e. The van der Waals surface area contributed by atoms with Crippen LogP contribution in [0.1, 0.15) is 29.3 Å². The standard InChI is InChI=1S/C13H18N2O3/c1-3-15(7-6-12(16)17)11-5-4-10(13(14)18)8-9(11)2/h4-5,8H,3,6-7H2,1-2H3,(H2,14,18)(H,16,17). The zero-order chi connectivity index (χ0) is 13.7. The van der Waals surface area contributed by atoms with Gasteiger partial charge in [-0.25, -0.2) is 0 Å². The molecule has 0 saturated carbocycles. The molecule has 0 aromatic heterocycles. The maximum Gasteiger partial charge on any atom is 0.305 e. The monoisotopic (exact) mass is 250 g/mol. The molecule has 1 rings (SSSR count). The topological polar surface area (TPSA) is 83.6 Å². The lowest BCUT2D eigenvalue weighted by molar-refractivity contribution is -0.136. The van der Waals surface area contributed by atoms with Crippen molar-refractivity contribution in [3.05, 3.63) is 29.3 Å². The molecule has 0 radical (unpaired) electrons. The maximum absolute atomic E-state index is 11.0. The van der Waals surface area contributed by atoms with Crippen LogP contribution in [0.2, 0.25) is 0 Å². The van der Waals surface area contributed by atoms with Gasteiger partial charge in [0.05, 0.1) is 6.42 Å². The molecule has 1 aromatic carbocycles. The van der Waals surface area contributed by atoms with E-state index in [9.17, 15) is 9.59 Å². The maximum atomic E-state index is 11.0. The van der Waals surface area contributed by atoms with E-state index in [1.54, 1.807) is 18.2 Å². The van der Waals surface area contributed by atoms with Crippen LogP contribution in [0, 0.1) is 6.92 Å². The van der Waals surface area contributed by atoms with Crippen LogP contribution in [0.4, 0.5) is 5.69 Å². The Morgan fingerprint density at radius 3 is 2.50 bits per heavy atom. The van der Waals surface area contributed by atoms with Gasteiger partial charge in [0, 0.05) is 24.3 Å². The molecule has 0 aliphatic carbocycles. The molecule has 18 heavy (non-hydrogen) atoms. The fraction of sp³-hybridized carbons (Fsp3) is 0.385. The molecule has 0 atom stereocenters. The van der Waals surface area contributed by atoms with Gasteiger partial charge in [-0.05, 0) is 37.6 Å². The average Bonchev–Trinajstić information content (AvgIpc) is 2.30. The molecule has 1 amide bonds. The molecule has 0 spiro atoms. The fourth-order valence-electron chi connectivity index (χ4n) is 1.84. The third kappa shape index (κ3) is 3.48. The average molecular weight is 250 g/mol. The summed E-state index contributed by atoms with van der Waals surface area (Å²) >= 11 is 0. The molecule has 0 bridgehead atoms. The number of anilines is 1. The molecule has 0 unspecified atom stereocenters. The van der Waals surface area contributed by atoms with Gasteiger partial charge in [0.1, 0.15) is 0 Å². The van der Waals surface area contributed by atoms with E-state index in [-0.39, 0.29) is 6.42 Å². The number of nitrogens with two attached hydrogens (primary N) is 1. The van der Waals surface area contributed by atoms with Crippen molar-refractivity contribution in [2.75, 3.05) is 18.0 Å². The molecule has 0 aliphatic rings. The Bertz CT molecular complexity index is 458. The quantitative estimate of drug-likeness (QED) is 0.799. The summed E-state index contributed by atoms with van der Waals surface area (Å²) in [7, 11) is 0. The number of carboxylic acids is 1. The van der Waals surface area contributed by atoms with Crippen molar-refractivity contribution >= 4 is 17.6 Å². The molecule has 0 saturated heterocycles.